The molecule has 0 unspecified atom stereocenters. The molecule has 1 aromatic rings. The van der Waals surface area contributed by atoms with Crippen LogP contribution in [0.5, 0.6) is 5.75 Å². The van der Waals surface area contributed by atoms with Crippen molar-refractivity contribution >= 4 is 23.2 Å². The van der Waals surface area contributed by atoms with Crippen LogP contribution >= 0.6 is 23.2 Å². The number of nitrogens with zero attached hydrogens (tertiary/aromatic N) is 1. The third-order valence-electron chi connectivity index (χ3n) is 3.51. The second kappa shape index (κ2) is 7.34. The molecule has 1 fully saturated rings. The zero-order valence-corrected chi connectivity index (χ0v) is 12.3. The van der Waals surface area contributed by atoms with E-state index in [1.54, 1.807) is 18.2 Å². The highest BCUT2D eigenvalue weighted by atomic mass is 35.5. The first-order valence-electron chi connectivity index (χ1n) is 6.63. The van der Waals surface area contributed by atoms with Gasteiger partial charge in [-0.05, 0) is 31.0 Å². The lowest BCUT2D eigenvalue weighted by Gasteiger charge is -2.37. The standard InChI is InChI=1S/C14H19Cl2NO2/c15-11-4-5-14(13(16)10-11)19-9-7-17(6-8-18)12-2-1-3-12/h4-5,10,12,18H,1-3,6-9H2. The molecule has 0 radical (unpaired) electrons. The fourth-order valence-corrected chi connectivity index (χ4v) is 2.69. The summed E-state index contributed by atoms with van der Waals surface area (Å²) in [5, 5.41) is 10.2. The van der Waals surface area contributed by atoms with Gasteiger partial charge in [-0.2, -0.15) is 0 Å². The van der Waals surface area contributed by atoms with Crippen LogP contribution in [-0.2, 0) is 0 Å². The van der Waals surface area contributed by atoms with E-state index < -0.39 is 0 Å². The molecule has 1 aliphatic carbocycles. The lowest BCUT2D eigenvalue weighted by atomic mass is 9.91. The van der Waals surface area contributed by atoms with E-state index in [4.69, 9.17) is 33.0 Å². The lowest BCUT2D eigenvalue weighted by molar-refractivity contribution is 0.0860. The number of halogens is 2. The van der Waals surface area contributed by atoms with Gasteiger partial charge >= 0.3 is 0 Å². The van der Waals surface area contributed by atoms with Gasteiger partial charge in [0.15, 0.2) is 0 Å². The Morgan fingerprint density at radius 2 is 2.05 bits per heavy atom. The average Bonchev–Trinajstić information content (AvgIpc) is 2.30. The van der Waals surface area contributed by atoms with Crippen molar-refractivity contribution in [2.24, 2.45) is 0 Å². The van der Waals surface area contributed by atoms with Gasteiger partial charge in [0, 0.05) is 24.2 Å². The number of aliphatic hydroxyl groups is 1. The molecule has 0 heterocycles. The Bertz CT molecular complexity index is 410. The van der Waals surface area contributed by atoms with E-state index in [-0.39, 0.29) is 6.61 Å². The second-order valence-electron chi connectivity index (χ2n) is 4.77. The molecule has 1 saturated carbocycles. The Labute approximate surface area is 124 Å². The summed E-state index contributed by atoms with van der Waals surface area (Å²) in [5.74, 6) is 0.656. The summed E-state index contributed by atoms with van der Waals surface area (Å²) in [6.45, 7) is 2.28. The Morgan fingerprint density at radius 1 is 1.26 bits per heavy atom. The molecule has 2 rings (SSSR count). The van der Waals surface area contributed by atoms with Crippen molar-refractivity contribution in [3.05, 3.63) is 28.2 Å². The van der Waals surface area contributed by atoms with Crippen LogP contribution in [0.15, 0.2) is 18.2 Å². The molecule has 106 valence electrons. The third kappa shape index (κ3) is 4.25. The van der Waals surface area contributed by atoms with Crippen LogP contribution in [0.3, 0.4) is 0 Å². The van der Waals surface area contributed by atoms with Gasteiger partial charge in [0.2, 0.25) is 0 Å². The maximum Gasteiger partial charge on any atom is 0.138 e. The molecule has 0 bridgehead atoms. The van der Waals surface area contributed by atoms with Gasteiger partial charge in [0.25, 0.3) is 0 Å². The summed E-state index contributed by atoms with van der Waals surface area (Å²) >= 11 is 11.9. The van der Waals surface area contributed by atoms with E-state index in [9.17, 15) is 0 Å². The minimum Gasteiger partial charge on any atom is -0.491 e. The number of rotatable bonds is 7. The minimum atomic E-state index is 0.193. The molecule has 19 heavy (non-hydrogen) atoms. The van der Waals surface area contributed by atoms with Gasteiger partial charge in [-0.1, -0.05) is 29.6 Å². The summed E-state index contributed by atoms with van der Waals surface area (Å²) in [6.07, 6.45) is 3.74. The fraction of sp³-hybridized carbons (Fsp3) is 0.571. The van der Waals surface area contributed by atoms with Crippen LogP contribution < -0.4 is 4.74 Å². The SMILES string of the molecule is OCCN(CCOc1ccc(Cl)cc1Cl)C1CCC1. The first-order valence-corrected chi connectivity index (χ1v) is 7.39. The van der Waals surface area contributed by atoms with Crippen molar-refractivity contribution in [2.75, 3.05) is 26.3 Å². The Kier molecular flexibility index (Phi) is 5.76. The molecular weight excluding hydrogens is 285 g/mol. The van der Waals surface area contributed by atoms with Gasteiger partial charge < -0.3 is 9.84 Å². The quantitative estimate of drug-likeness (QED) is 0.839. The van der Waals surface area contributed by atoms with Crippen LogP contribution in [0, 0.1) is 0 Å². The third-order valence-corrected chi connectivity index (χ3v) is 4.04. The first kappa shape index (κ1) is 14.9. The van der Waals surface area contributed by atoms with Crippen molar-refractivity contribution in [3.8, 4) is 5.75 Å². The monoisotopic (exact) mass is 303 g/mol. The topological polar surface area (TPSA) is 32.7 Å². The summed E-state index contributed by atoms with van der Waals surface area (Å²) in [5.41, 5.74) is 0. The normalized spacial score (nSPS) is 15.6. The predicted octanol–water partition coefficient (Wildman–Crippen LogP) is 3.22. The molecule has 5 heteroatoms. The van der Waals surface area contributed by atoms with Crippen LogP contribution in [0.2, 0.25) is 10.0 Å². The summed E-state index contributed by atoms with van der Waals surface area (Å²) in [6, 6.07) is 5.83. The van der Waals surface area contributed by atoms with Crippen molar-refractivity contribution < 1.29 is 9.84 Å². The smallest absolute Gasteiger partial charge is 0.138 e. The van der Waals surface area contributed by atoms with Gasteiger partial charge in [-0.15, -0.1) is 0 Å². The lowest BCUT2D eigenvalue weighted by Crippen LogP contribution is -2.43. The molecule has 1 N–H and O–H groups in total. The average molecular weight is 304 g/mol. The van der Waals surface area contributed by atoms with Crippen LogP contribution in [0.1, 0.15) is 19.3 Å². The molecule has 1 aromatic carbocycles. The summed E-state index contributed by atoms with van der Waals surface area (Å²) in [7, 11) is 0. The molecule has 0 aromatic heterocycles. The van der Waals surface area contributed by atoms with Crippen molar-refractivity contribution in [3.63, 3.8) is 0 Å². The van der Waals surface area contributed by atoms with Crippen molar-refractivity contribution in [2.45, 2.75) is 25.3 Å². The first-order chi connectivity index (χ1) is 9.20. The number of benzene rings is 1. The maximum absolute atomic E-state index is 9.08. The van der Waals surface area contributed by atoms with E-state index >= 15 is 0 Å². The number of ether oxygens (including phenoxy) is 1. The van der Waals surface area contributed by atoms with E-state index in [1.165, 1.54) is 19.3 Å². The molecule has 0 amide bonds. The largest absolute Gasteiger partial charge is 0.491 e. The Hall–Kier alpha value is -0.480. The number of hydrogen-bond acceptors (Lipinski definition) is 3. The molecule has 1 aliphatic rings. The van der Waals surface area contributed by atoms with Gasteiger partial charge in [-0.3, -0.25) is 4.90 Å². The second-order valence-corrected chi connectivity index (χ2v) is 5.61. The van der Waals surface area contributed by atoms with Gasteiger partial charge in [0.1, 0.15) is 12.4 Å². The highest BCUT2D eigenvalue weighted by Gasteiger charge is 2.24. The summed E-state index contributed by atoms with van der Waals surface area (Å²) in [4.78, 5) is 2.29. The van der Waals surface area contributed by atoms with E-state index in [2.05, 4.69) is 4.90 Å². The zero-order chi connectivity index (χ0) is 13.7. The molecule has 0 aliphatic heterocycles. The zero-order valence-electron chi connectivity index (χ0n) is 10.8. The molecule has 0 atom stereocenters. The Balaban J connectivity index is 1.80. The van der Waals surface area contributed by atoms with Gasteiger partial charge in [-0.25, -0.2) is 0 Å². The number of hydrogen-bond donors (Lipinski definition) is 1. The molecule has 3 nitrogen and oxygen atoms in total. The predicted molar refractivity (Wildman–Crippen MR) is 78.3 cm³/mol. The highest BCUT2D eigenvalue weighted by Crippen LogP contribution is 2.28. The Morgan fingerprint density at radius 3 is 2.63 bits per heavy atom. The van der Waals surface area contributed by atoms with Crippen molar-refractivity contribution in [1.82, 2.24) is 4.90 Å². The van der Waals surface area contributed by atoms with Crippen LogP contribution in [-0.4, -0.2) is 42.4 Å². The van der Waals surface area contributed by atoms with Crippen LogP contribution in [0.4, 0.5) is 0 Å². The van der Waals surface area contributed by atoms with E-state index in [0.29, 0.717) is 35.0 Å². The van der Waals surface area contributed by atoms with Gasteiger partial charge in [0.05, 0.1) is 11.6 Å². The highest BCUT2D eigenvalue weighted by molar-refractivity contribution is 6.35. The maximum atomic E-state index is 9.08. The summed E-state index contributed by atoms with van der Waals surface area (Å²) < 4.78 is 5.67. The minimum absolute atomic E-state index is 0.193. The van der Waals surface area contributed by atoms with E-state index in [1.807, 2.05) is 0 Å². The molecule has 0 saturated heterocycles. The van der Waals surface area contributed by atoms with E-state index in [0.717, 1.165) is 6.54 Å². The molecule has 0 spiro atoms. The number of aliphatic hydroxyl groups excluding tert-OH is 1. The van der Waals surface area contributed by atoms with Crippen molar-refractivity contribution in [1.29, 1.82) is 0 Å². The van der Waals surface area contributed by atoms with Crippen LogP contribution in [0.25, 0.3) is 0 Å². The molecular formula is C14H19Cl2NO2. The fourth-order valence-electron chi connectivity index (χ4n) is 2.22.